The van der Waals surface area contributed by atoms with Crippen LogP contribution in [0.1, 0.15) is 66.2 Å². The molecule has 1 N–H and O–H groups in total. The minimum atomic E-state index is 0.499. The van der Waals surface area contributed by atoms with E-state index in [4.69, 9.17) is 4.74 Å². The van der Waals surface area contributed by atoms with Crippen LogP contribution in [-0.2, 0) is 4.74 Å². The van der Waals surface area contributed by atoms with Crippen LogP contribution in [0.15, 0.2) is 0 Å². The Morgan fingerprint density at radius 2 is 1.72 bits per heavy atom. The summed E-state index contributed by atoms with van der Waals surface area (Å²) >= 11 is 0. The van der Waals surface area contributed by atoms with Crippen LogP contribution >= 0.6 is 0 Å². The fourth-order valence-electron chi connectivity index (χ4n) is 2.89. The van der Waals surface area contributed by atoms with Crippen molar-refractivity contribution in [2.75, 3.05) is 19.8 Å². The molecule has 2 heteroatoms. The van der Waals surface area contributed by atoms with Crippen molar-refractivity contribution in [1.82, 2.24) is 5.32 Å². The molecule has 0 unspecified atom stereocenters. The molecule has 0 radical (unpaired) electrons. The molecule has 2 nitrogen and oxygen atoms in total. The number of ether oxygens (including phenoxy) is 1. The highest BCUT2D eigenvalue weighted by atomic mass is 16.5. The van der Waals surface area contributed by atoms with Gasteiger partial charge >= 0.3 is 0 Å². The van der Waals surface area contributed by atoms with E-state index in [1.54, 1.807) is 0 Å². The standard InChI is InChI=1S/C16H33NO/c1-5-12-18-13-6-11-17-15-9-7-14(8-10-15)16(2,3)4/h14-15,17H,5-13H2,1-4H3. The van der Waals surface area contributed by atoms with Crippen LogP contribution in [0.4, 0.5) is 0 Å². The lowest BCUT2D eigenvalue weighted by molar-refractivity contribution is 0.128. The van der Waals surface area contributed by atoms with E-state index in [2.05, 4.69) is 33.0 Å². The van der Waals surface area contributed by atoms with Gasteiger partial charge in [-0.1, -0.05) is 27.7 Å². The Balaban J connectivity index is 2.02. The first-order chi connectivity index (χ1) is 8.54. The van der Waals surface area contributed by atoms with Gasteiger partial charge in [0, 0.05) is 19.3 Å². The molecule has 0 bridgehead atoms. The van der Waals surface area contributed by atoms with E-state index in [9.17, 15) is 0 Å². The highest BCUT2D eigenvalue weighted by molar-refractivity contribution is 4.83. The smallest absolute Gasteiger partial charge is 0.0478 e. The van der Waals surface area contributed by atoms with E-state index in [0.717, 1.165) is 44.6 Å². The molecule has 1 aliphatic rings. The Hall–Kier alpha value is -0.0800. The molecule has 18 heavy (non-hydrogen) atoms. The molecule has 1 saturated carbocycles. The molecule has 0 heterocycles. The van der Waals surface area contributed by atoms with Crippen LogP contribution < -0.4 is 5.32 Å². The van der Waals surface area contributed by atoms with E-state index in [1.807, 2.05) is 0 Å². The molecule has 0 atom stereocenters. The van der Waals surface area contributed by atoms with Crippen molar-refractivity contribution >= 4 is 0 Å². The van der Waals surface area contributed by atoms with Gasteiger partial charge in [0.2, 0.25) is 0 Å². The summed E-state index contributed by atoms with van der Waals surface area (Å²) in [6.45, 7) is 12.3. The Morgan fingerprint density at radius 1 is 1.06 bits per heavy atom. The van der Waals surface area contributed by atoms with Crippen LogP contribution in [0.5, 0.6) is 0 Å². The topological polar surface area (TPSA) is 21.3 Å². The van der Waals surface area contributed by atoms with Gasteiger partial charge in [-0.2, -0.15) is 0 Å². The van der Waals surface area contributed by atoms with Crippen LogP contribution in [-0.4, -0.2) is 25.8 Å². The Kier molecular flexibility index (Phi) is 7.25. The lowest BCUT2D eigenvalue weighted by Crippen LogP contribution is -2.36. The van der Waals surface area contributed by atoms with Crippen molar-refractivity contribution in [1.29, 1.82) is 0 Å². The largest absolute Gasteiger partial charge is 0.381 e. The van der Waals surface area contributed by atoms with E-state index in [-0.39, 0.29) is 0 Å². The molecule has 0 aromatic heterocycles. The van der Waals surface area contributed by atoms with Gasteiger partial charge in [-0.15, -0.1) is 0 Å². The quantitative estimate of drug-likeness (QED) is 0.694. The van der Waals surface area contributed by atoms with Gasteiger partial charge in [0.05, 0.1) is 0 Å². The lowest BCUT2D eigenvalue weighted by Gasteiger charge is -2.37. The summed E-state index contributed by atoms with van der Waals surface area (Å²) < 4.78 is 5.49. The van der Waals surface area contributed by atoms with Gasteiger partial charge in [0.25, 0.3) is 0 Å². The highest BCUT2D eigenvalue weighted by Crippen LogP contribution is 2.37. The minimum Gasteiger partial charge on any atom is -0.381 e. The summed E-state index contributed by atoms with van der Waals surface area (Å²) in [5.74, 6) is 0.920. The Labute approximate surface area is 114 Å². The Morgan fingerprint density at radius 3 is 2.28 bits per heavy atom. The van der Waals surface area contributed by atoms with Crippen LogP contribution in [0, 0.1) is 11.3 Å². The maximum absolute atomic E-state index is 5.49. The number of hydrogen-bond acceptors (Lipinski definition) is 2. The molecule has 0 amide bonds. The fourth-order valence-corrected chi connectivity index (χ4v) is 2.89. The molecule has 1 rings (SSSR count). The summed E-state index contributed by atoms with van der Waals surface area (Å²) in [5, 5.41) is 3.69. The summed E-state index contributed by atoms with van der Waals surface area (Å²) in [7, 11) is 0. The van der Waals surface area contributed by atoms with Gasteiger partial charge in [-0.3, -0.25) is 0 Å². The van der Waals surface area contributed by atoms with Crippen LogP contribution in [0.25, 0.3) is 0 Å². The second kappa shape index (κ2) is 8.16. The highest BCUT2D eigenvalue weighted by Gasteiger charge is 2.29. The molecule has 0 spiro atoms. The van der Waals surface area contributed by atoms with E-state index >= 15 is 0 Å². The summed E-state index contributed by atoms with van der Waals surface area (Å²) in [6, 6.07) is 0.759. The zero-order chi connectivity index (χ0) is 13.4. The zero-order valence-electron chi connectivity index (χ0n) is 12.9. The van der Waals surface area contributed by atoms with Gasteiger partial charge in [-0.05, 0) is 56.4 Å². The molecule has 0 aliphatic heterocycles. The molecule has 0 saturated heterocycles. The van der Waals surface area contributed by atoms with Crippen LogP contribution in [0.3, 0.4) is 0 Å². The summed E-state index contributed by atoms with van der Waals surface area (Å²) in [6.07, 6.45) is 7.79. The predicted octanol–water partition coefficient (Wildman–Crippen LogP) is 4.00. The number of nitrogens with one attached hydrogen (secondary N) is 1. The van der Waals surface area contributed by atoms with Gasteiger partial charge < -0.3 is 10.1 Å². The second-order valence-corrected chi connectivity index (χ2v) is 6.83. The predicted molar refractivity (Wildman–Crippen MR) is 78.9 cm³/mol. The lowest BCUT2D eigenvalue weighted by atomic mass is 9.71. The average molecular weight is 255 g/mol. The van der Waals surface area contributed by atoms with Gasteiger partial charge in [-0.25, -0.2) is 0 Å². The third-order valence-corrected chi connectivity index (χ3v) is 4.20. The second-order valence-electron chi connectivity index (χ2n) is 6.83. The number of hydrogen-bond donors (Lipinski definition) is 1. The first kappa shape index (κ1) is 16.0. The molecular weight excluding hydrogens is 222 g/mol. The van der Waals surface area contributed by atoms with Crippen molar-refractivity contribution in [2.45, 2.75) is 72.3 Å². The van der Waals surface area contributed by atoms with E-state index in [1.165, 1.54) is 25.7 Å². The third kappa shape index (κ3) is 6.19. The summed E-state index contributed by atoms with van der Waals surface area (Å²) in [4.78, 5) is 0. The molecule has 1 aliphatic carbocycles. The molecule has 108 valence electrons. The SMILES string of the molecule is CCCOCCCNC1CCC(C(C)(C)C)CC1. The monoisotopic (exact) mass is 255 g/mol. The maximum Gasteiger partial charge on any atom is 0.0478 e. The molecule has 0 aromatic rings. The summed E-state index contributed by atoms with van der Waals surface area (Å²) in [5.41, 5.74) is 0.499. The molecular formula is C16H33NO. The van der Waals surface area contributed by atoms with Gasteiger partial charge in [0.1, 0.15) is 0 Å². The number of rotatable bonds is 7. The van der Waals surface area contributed by atoms with Crippen molar-refractivity contribution in [3.8, 4) is 0 Å². The minimum absolute atomic E-state index is 0.499. The van der Waals surface area contributed by atoms with Crippen molar-refractivity contribution in [2.24, 2.45) is 11.3 Å². The Bertz CT molecular complexity index is 202. The maximum atomic E-state index is 5.49. The van der Waals surface area contributed by atoms with E-state index in [0.29, 0.717) is 5.41 Å². The normalized spacial score (nSPS) is 25.3. The zero-order valence-corrected chi connectivity index (χ0v) is 12.9. The van der Waals surface area contributed by atoms with Crippen molar-refractivity contribution < 1.29 is 4.74 Å². The molecule has 0 aromatic carbocycles. The van der Waals surface area contributed by atoms with Crippen LogP contribution in [0.2, 0.25) is 0 Å². The van der Waals surface area contributed by atoms with Crippen molar-refractivity contribution in [3.05, 3.63) is 0 Å². The van der Waals surface area contributed by atoms with Gasteiger partial charge in [0.15, 0.2) is 0 Å². The average Bonchev–Trinajstić information content (AvgIpc) is 2.33. The van der Waals surface area contributed by atoms with Crippen molar-refractivity contribution in [3.63, 3.8) is 0 Å². The van der Waals surface area contributed by atoms with E-state index < -0.39 is 0 Å². The first-order valence-electron chi connectivity index (χ1n) is 7.85. The molecule has 1 fully saturated rings. The third-order valence-electron chi connectivity index (χ3n) is 4.20. The first-order valence-corrected chi connectivity index (χ1v) is 7.85. The fraction of sp³-hybridized carbons (Fsp3) is 1.00.